The van der Waals surface area contributed by atoms with Gasteiger partial charge in [0.2, 0.25) is 0 Å². The van der Waals surface area contributed by atoms with Gasteiger partial charge in [0.25, 0.3) is 0 Å². The predicted octanol–water partition coefficient (Wildman–Crippen LogP) is 2.34. The fraction of sp³-hybridized carbons (Fsp3) is 0.200. The molecule has 0 radical (unpaired) electrons. The van der Waals surface area contributed by atoms with Gasteiger partial charge < -0.3 is 5.11 Å². The molecule has 78 valence electrons. The summed E-state index contributed by atoms with van der Waals surface area (Å²) in [6.45, 7) is 0. The van der Waals surface area contributed by atoms with Crippen LogP contribution < -0.4 is 0 Å². The smallest absolute Gasteiger partial charge is 0.303 e. The Morgan fingerprint density at radius 3 is 3.07 bits per heavy atom. The molecule has 2 aromatic rings. The second kappa shape index (κ2) is 4.02. The van der Waals surface area contributed by atoms with E-state index in [1.54, 1.807) is 0 Å². The van der Waals surface area contributed by atoms with Crippen LogP contribution in [-0.4, -0.2) is 21.3 Å². The molecular weight excluding hydrogens is 260 g/mol. The van der Waals surface area contributed by atoms with E-state index < -0.39 is 5.97 Å². The number of carboxylic acids is 1. The molecule has 4 nitrogen and oxygen atoms in total. The second-order valence-electron chi connectivity index (χ2n) is 3.28. The number of H-pyrrole nitrogens is 1. The van der Waals surface area contributed by atoms with E-state index in [1.165, 1.54) is 0 Å². The molecule has 0 aliphatic heterocycles. The Bertz CT molecular complexity index is 507. The molecule has 0 aliphatic rings. The van der Waals surface area contributed by atoms with Crippen LogP contribution in [0.5, 0.6) is 0 Å². The van der Waals surface area contributed by atoms with Gasteiger partial charge in [-0.25, -0.2) is 0 Å². The summed E-state index contributed by atoms with van der Waals surface area (Å²) in [5.74, 6) is -0.777. The van der Waals surface area contributed by atoms with Gasteiger partial charge in [-0.1, -0.05) is 6.07 Å². The van der Waals surface area contributed by atoms with Crippen molar-refractivity contribution in [2.75, 3.05) is 0 Å². The molecule has 1 aromatic heterocycles. The highest BCUT2D eigenvalue weighted by Gasteiger charge is 2.04. The summed E-state index contributed by atoms with van der Waals surface area (Å²) in [5, 5.41) is 16.4. The zero-order valence-electron chi connectivity index (χ0n) is 7.83. The van der Waals surface area contributed by atoms with Crippen LogP contribution in [0.25, 0.3) is 10.9 Å². The van der Waals surface area contributed by atoms with Gasteiger partial charge in [-0.15, -0.1) is 0 Å². The van der Waals surface area contributed by atoms with E-state index >= 15 is 0 Å². The maximum atomic E-state index is 10.4. The Labute approximate surface area is 94.4 Å². The van der Waals surface area contributed by atoms with E-state index in [9.17, 15) is 4.79 Å². The number of aliphatic carboxylic acids is 1. The van der Waals surface area contributed by atoms with E-state index in [4.69, 9.17) is 5.11 Å². The number of aromatic amines is 1. The molecule has 2 rings (SSSR count). The number of rotatable bonds is 3. The highest BCUT2D eigenvalue weighted by atomic mass is 79.9. The number of benzene rings is 1. The largest absolute Gasteiger partial charge is 0.481 e. The van der Waals surface area contributed by atoms with Crippen molar-refractivity contribution in [1.29, 1.82) is 0 Å². The predicted molar refractivity (Wildman–Crippen MR) is 59.8 cm³/mol. The van der Waals surface area contributed by atoms with Crippen molar-refractivity contribution < 1.29 is 9.90 Å². The minimum atomic E-state index is -0.777. The van der Waals surface area contributed by atoms with E-state index in [1.807, 2.05) is 18.2 Å². The first-order valence-electron chi connectivity index (χ1n) is 4.51. The van der Waals surface area contributed by atoms with Crippen molar-refractivity contribution in [1.82, 2.24) is 10.2 Å². The Morgan fingerprint density at radius 2 is 2.33 bits per heavy atom. The van der Waals surface area contributed by atoms with E-state index in [0.717, 1.165) is 21.1 Å². The molecule has 15 heavy (non-hydrogen) atoms. The lowest BCUT2D eigenvalue weighted by molar-refractivity contribution is -0.136. The second-order valence-corrected chi connectivity index (χ2v) is 4.08. The van der Waals surface area contributed by atoms with Crippen LogP contribution in [0.2, 0.25) is 0 Å². The van der Waals surface area contributed by atoms with E-state index in [0.29, 0.717) is 6.42 Å². The lowest BCUT2D eigenvalue weighted by Crippen LogP contribution is -1.97. The average Bonchev–Trinajstić information content (AvgIpc) is 2.57. The van der Waals surface area contributed by atoms with Crippen molar-refractivity contribution in [3.8, 4) is 0 Å². The third kappa shape index (κ3) is 2.18. The van der Waals surface area contributed by atoms with Crippen LogP contribution in [0.15, 0.2) is 22.8 Å². The van der Waals surface area contributed by atoms with Gasteiger partial charge in [0.05, 0.1) is 5.52 Å². The van der Waals surface area contributed by atoms with Gasteiger partial charge in [0, 0.05) is 11.8 Å². The van der Waals surface area contributed by atoms with Gasteiger partial charge >= 0.3 is 5.97 Å². The first kappa shape index (κ1) is 10.2. The first-order valence-corrected chi connectivity index (χ1v) is 5.30. The Hall–Kier alpha value is -1.36. The van der Waals surface area contributed by atoms with Crippen LogP contribution in [-0.2, 0) is 11.2 Å². The van der Waals surface area contributed by atoms with Crippen molar-refractivity contribution in [3.05, 3.63) is 28.4 Å². The van der Waals surface area contributed by atoms with Crippen LogP contribution in [0.3, 0.4) is 0 Å². The molecule has 0 saturated heterocycles. The first-order chi connectivity index (χ1) is 7.16. The maximum Gasteiger partial charge on any atom is 0.303 e. The molecule has 0 aliphatic carbocycles. The van der Waals surface area contributed by atoms with Crippen molar-refractivity contribution in [2.24, 2.45) is 0 Å². The highest BCUT2D eigenvalue weighted by Crippen LogP contribution is 2.22. The fourth-order valence-electron chi connectivity index (χ4n) is 1.43. The molecule has 0 atom stereocenters. The van der Waals surface area contributed by atoms with Crippen molar-refractivity contribution in [3.63, 3.8) is 0 Å². The molecule has 2 N–H and O–H groups in total. The van der Waals surface area contributed by atoms with Gasteiger partial charge in [-0.2, -0.15) is 5.10 Å². The molecule has 0 fully saturated rings. The number of fused-ring (bicyclic) bond motifs is 1. The Morgan fingerprint density at radius 1 is 1.53 bits per heavy atom. The monoisotopic (exact) mass is 268 g/mol. The minimum Gasteiger partial charge on any atom is -0.481 e. The maximum absolute atomic E-state index is 10.4. The summed E-state index contributed by atoms with van der Waals surface area (Å²) >= 11 is 3.35. The van der Waals surface area contributed by atoms with Gasteiger partial charge in [0.15, 0.2) is 0 Å². The van der Waals surface area contributed by atoms with Gasteiger partial charge in [0.1, 0.15) is 4.60 Å². The molecule has 1 aromatic carbocycles. The molecule has 0 amide bonds. The Balaban J connectivity index is 2.29. The quantitative estimate of drug-likeness (QED) is 0.898. The lowest BCUT2D eigenvalue weighted by Gasteiger charge is -1.98. The van der Waals surface area contributed by atoms with Crippen LogP contribution in [0, 0.1) is 0 Å². The number of nitrogens with one attached hydrogen (secondary N) is 1. The topological polar surface area (TPSA) is 66.0 Å². The summed E-state index contributed by atoms with van der Waals surface area (Å²) in [6, 6.07) is 5.73. The number of hydrogen-bond donors (Lipinski definition) is 2. The van der Waals surface area contributed by atoms with E-state index in [2.05, 4.69) is 26.1 Å². The number of halogens is 1. The number of carbonyl (C=O) groups is 1. The SMILES string of the molecule is O=C(O)CCc1ccc2n[nH]c(Br)c2c1. The third-order valence-electron chi connectivity index (χ3n) is 2.20. The lowest BCUT2D eigenvalue weighted by atomic mass is 10.1. The normalized spacial score (nSPS) is 10.7. The molecule has 0 unspecified atom stereocenters. The number of carboxylic acid groups (broad SMARTS) is 1. The standard InChI is InChI=1S/C10H9BrN2O2/c11-10-7-5-6(2-4-9(14)15)1-3-8(7)12-13-10/h1,3,5H,2,4H2,(H,12,13)(H,14,15). The minimum absolute atomic E-state index is 0.154. The average molecular weight is 269 g/mol. The van der Waals surface area contributed by atoms with Gasteiger partial charge in [-0.05, 0) is 40.0 Å². The fourth-order valence-corrected chi connectivity index (χ4v) is 1.84. The van der Waals surface area contributed by atoms with Crippen molar-refractivity contribution in [2.45, 2.75) is 12.8 Å². The number of nitrogens with zero attached hydrogens (tertiary/aromatic N) is 1. The molecule has 5 heteroatoms. The van der Waals surface area contributed by atoms with E-state index in [-0.39, 0.29) is 6.42 Å². The summed E-state index contributed by atoms with van der Waals surface area (Å²) in [7, 11) is 0. The molecule has 1 heterocycles. The molecule has 0 bridgehead atoms. The Kier molecular flexibility index (Phi) is 2.73. The van der Waals surface area contributed by atoms with Crippen molar-refractivity contribution >= 4 is 32.8 Å². The zero-order valence-corrected chi connectivity index (χ0v) is 9.41. The molecular formula is C10H9BrN2O2. The number of aromatic nitrogens is 2. The third-order valence-corrected chi connectivity index (χ3v) is 2.80. The van der Waals surface area contributed by atoms with Gasteiger partial charge in [-0.3, -0.25) is 9.89 Å². The summed E-state index contributed by atoms with van der Waals surface area (Å²) in [5.41, 5.74) is 1.88. The van der Waals surface area contributed by atoms with Crippen LogP contribution in [0.4, 0.5) is 0 Å². The zero-order chi connectivity index (χ0) is 10.8. The summed E-state index contributed by atoms with van der Waals surface area (Å²) in [6.07, 6.45) is 0.698. The number of hydrogen-bond acceptors (Lipinski definition) is 2. The number of aryl methyl sites for hydroxylation is 1. The van der Waals surface area contributed by atoms with Crippen LogP contribution in [0.1, 0.15) is 12.0 Å². The summed E-state index contributed by atoms with van der Waals surface area (Å²) in [4.78, 5) is 10.4. The molecule has 0 saturated carbocycles. The highest BCUT2D eigenvalue weighted by molar-refractivity contribution is 9.10. The van der Waals surface area contributed by atoms with Crippen LogP contribution >= 0.6 is 15.9 Å². The summed E-state index contributed by atoms with van der Waals surface area (Å²) < 4.78 is 0.828. The molecule has 0 spiro atoms.